The van der Waals surface area contributed by atoms with E-state index in [2.05, 4.69) is 130 Å². The predicted octanol–water partition coefficient (Wildman–Crippen LogP) is 8.61. The van der Waals surface area contributed by atoms with Gasteiger partial charge >= 0.3 is 7.69 Å². The summed E-state index contributed by atoms with van der Waals surface area (Å²) >= 11 is 0. The van der Waals surface area contributed by atoms with Gasteiger partial charge in [0.1, 0.15) is 11.5 Å². The minimum Gasteiger partial charge on any atom is -0.529 e. The van der Waals surface area contributed by atoms with E-state index < -0.39 is 0 Å². The largest absolute Gasteiger partial charge is 0.576 e. The highest BCUT2D eigenvalue weighted by molar-refractivity contribution is 6.20. The first kappa shape index (κ1) is 23.5. The minimum atomic E-state index is 0.128. The molecule has 0 radical (unpaired) electrons. The Kier molecular flexibility index (Phi) is 5.52. The summed E-state index contributed by atoms with van der Waals surface area (Å²) in [5.74, 6) is 1.52. The van der Waals surface area contributed by atoms with Crippen molar-refractivity contribution in [2.45, 2.75) is 0 Å². The molecule has 41 heavy (non-hydrogen) atoms. The van der Waals surface area contributed by atoms with Crippen LogP contribution in [0.3, 0.4) is 0 Å². The molecule has 0 aliphatic carbocycles. The lowest BCUT2D eigenvalue weighted by Gasteiger charge is -2.11. The fourth-order valence-electron chi connectivity index (χ4n) is 5.95. The summed E-state index contributed by atoms with van der Waals surface area (Å²) in [6, 6.07) is 50.4. The molecule has 2 heterocycles. The van der Waals surface area contributed by atoms with Crippen LogP contribution in [-0.4, -0.2) is 16.8 Å². The number of hydrogen-bond donors (Lipinski definition) is 0. The van der Waals surface area contributed by atoms with E-state index in [-0.39, 0.29) is 7.69 Å². The van der Waals surface area contributed by atoms with Gasteiger partial charge in [-0.1, -0.05) is 72.8 Å². The van der Waals surface area contributed by atoms with Crippen molar-refractivity contribution in [3.05, 3.63) is 146 Å². The highest BCUT2D eigenvalue weighted by Crippen LogP contribution is 2.33. The molecule has 0 amide bonds. The first-order valence-corrected chi connectivity index (χ1v) is 13.8. The number of aromatic nitrogens is 2. The summed E-state index contributed by atoms with van der Waals surface area (Å²) < 4.78 is 16.5. The van der Waals surface area contributed by atoms with E-state index in [0.717, 1.165) is 22.9 Å². The second kappa shape index (κ2) is 9.65. The Bertz CT molecular complexity index is 1910. The maximum atomic E-state index is 5.94. The van der Waals surface area contributed by atoms with Gasteiger partial charge in [0.05, 0.1) is 22.1 Å². The number of rotatable bonds is 6. The maximum absolute atomic E-state index is 5.94. The van der Waals surface area contributed by atoms with Gasteiger partial charge in [-0.3, -0.25) is 0 Å². The summed E-state index contributed by atoms with van der Waals surface area (Å²) in [6.45, 7) is 0. The number of fused-ring (bicyclic) bond motifs is 6. The molecule has 0 bridgehead atoms. The second-order valence-electron chi connectivity index (χ2n) is 10.1. The number of hydrogen-bond acceptors (Lipinski definition) is 2. The number of para-hydroxylation sites is 4. The van der Waals surface area contributed by atoms with E-state index in [4.69, 9.17) is 9.31 Å². The van der Waals surface area contributed by atoms with Crippen LogP contribution in [-0.2, 0) is 0 Å². The highest BCUT2D eigenvalue weighted by atomic mass is 16.6. The predicted molar refractivity (Wildman–Crippen MR) is 170 cm³/mol. The molecule has 0 spiro atoms. The van der Waals surface area contributed by atoms with E-state index in [0.29, 0.717) is 0 Å². The molecule has 0 atom stereocenters. The number of benzene rings is 6. The molecule has 2 aromatic heterocycles. The van der Waals surface area contributed by atoms with Gasteiger partial charge < -0.3 is 18.4 Å². The van der Waals surface area contributed by atoms with Gasteiger partial charge in [0.15, 0.2) is 0 Å². The second-order valence-corrected chi connectivity index (χ2v) is 10.1. The molecule has 0 unspecified atom stereocenters. The molecule has 0 saturated heterocycles. The molecule has 194 valence electrons. The maximum Gasteiger partial charge on any atom is 0.576 e. The lowest BCUT2D eigenvalue weighted by atomic mass is 10.2. The van der Waals surface area contributed by atoms with Crippen molar-refractivity contribution in [1.29, 1.82) is 0 Å². The van der Waals surface area contributed by atoms with Crippen LogP contribution >= 0.6 is 0 Å². The zero-order valence-electron chi connectivity index (χ0n) is 22.3. The fraction of sp³-hybridized carbons (Fsp3) is 0. The Morgan fingerprint density at radius 3 is 0.951 bits per heavy atom. The van der Waals surface area contributed by atoms with Crippen LogP contribution in [0.4, 0.5) is 0 Å². The van der Waals surface area contributed by atoms with Crippen molar-refractivity contribution in [2.75, 3.05) is 0 Å². The Morgan fingerprint density at radius 1 is 0.341 bits per heavy atom. The lowest BCUT2D eigenvalue weighted by molar-refractivity contribution is 0.459. The standard InChI is InChI=1S/C36H25BN2O2/c1-5-13-33-29(9-1)30-10-2-6-14-34(30)38(33)25-17-21-27(22-18-25)40-37-41-28-23-19-26(20-24-28)39-35-15-7-3-11-31(35)32-12-4-8-16-36(32)39/h1-24,37H. The van der Waals surface area contributed by atoms with Gasteiger partial charge in [-0.15, -0.1) is 0 Å². The number of nitrogens with zero attached hydrogens (tertiary/aromatic N) is 2. The molecule has 0 N–H and O–H groups in total. The summed E-state index contributed by atoms with van der Waals surface area (Å²) in [4.78, 5) is 0. The first-order valence-electron chi connectivity index (χ1n) is 13.8. The zero-order chi connectivity index (χ0) is 27.2. The van der Waals surface area contributed by atoms with Crippen LogP contribution in [0.1, 0.15) is 0 Å². The third-order valence-electron chi connectivity index (χ3n) is 7.80. The fourth-order valence-corrected chi connectivity index (χ4v) is 5.95. The summed E-state index contributed by atoms with van der Waals surface area (Å²) in [5.41, 5.74) is 6.95. The Hall–Kier alpha value is -5.42. The van der Waals surface area contributed by atoms with Gasteiger partial charge in [0.2, 0.25) is 0 Å². The van der Waals surface area contributed by atoms with Crippen LogP contribution in [0, 0.1) is 0 Å². The van der Waals surface area contributed by atoms with E-state index >= 15 is 0 Å². The van der Waals surface area contributed by atoms with Crippen LogP contribution in [0.25, 0.3) is 55.0 Å². The molecule has 8 aromatic rings. The molecular formula is C36H25BN2O2. The van der Waals surface area contributed by atoms with Crippen LogP contribution in [0.2, 0.25) is 0 Å². The molecule has 0 fully saturated rings. The lowest BCUT2D eigenvalue weighted by Crippen LogP contribution is -2.11. The summed E-state index contributed by atoms with van der Waals surface area (Å²) in [6.07, 6.45) is 0. The van der Waals surface area contributed by atoms with Crippen molar-refractivity contribution >= 4 is 51.3 Å². The van der Waals surface area contributed by atoms with Gasteiger partial charge in [0, 0.05) is 32.9 Å². The molecule has 5 heteroatoms. The van der Waals surface area contributed by atoms with Gasteiger partial charge in [-0.05, 0) is 72.8 Å². The smallest absolute Gasteiger partial charge is 0.529 e. The monoisotopic (exact) mass is 528 g/mol. The molecule has 0 aliphatic rings. The summed E-state index contributed by atoms with van der Waals surface area (Å²) in [5, 5.41) is 5.00. The molecular weight excluding hydrogens is 503 g/mol. The molecule has 0 saturated carbocycles. The Balaban J connectivity index is 0.996. The average Bonchev–Trinajstić information content (AvgIpc) is 3.55. The van der Waals surface area contributed by atoms with E-state index in [9.17, 15) is 0 Å². The van der Waals surface area contributed by atoms with Crippen LogP contribution in [0.15, 0.2) is 146 Å². The van der Waals surface area contributed by atoms with Crippen molar-refractivity contribution < 1.29 is 9.31 Å². The van der Waals surface area contributed by atoms with E-state index in [1.165, 1.54) is 43.6 Å². The molecule has 6 aromatic carbocycles. The van der Waals surface area contributed by atoms with Crippen molar-refractivity contribution in [2.24, 2.45) is 0 Å². The van der Waals surface area contributed by atoms with Crippen molar-refractivity contribution in [1.82, 2.24) is 9.13 Å². The summed E-state index contributed by atoms with van der Waals surface area (Å²) in [7, 11) is 0.128. The third-order valence-corrected chi connectivity index (χ3v) is 7.80. The van der Waals surface area contributed by atoms with Gasteiger partial charge in [0.25, 0.3) is 0 Å². The van der Waals surface area contributed by atoms with Crippen LogP contribution < -0.4 is 9.31 Å². The molecule has 0 aliphatic heterocycles. The quantitative estimate of drug-likeness (QED) is 0.202. The first-order chi connectivity index (χ1) is 20.3. The van der Waals surface area contributed by atoms with Gasteiger partial charge in [-0.25, -0.2) is 0 Å². The topological polar surface area (TPSA) is 28.3 Å². The van der Waals surface area contributed by atoms with Crippen molar-refractivity contribution in [3.63, 3.8) is 0 Å². The van der Waals surface area contributed by atoms with Gasteiger partial charge in [-0.2, -0.15) is 0 Å². The Labute approximate surface area is 237 Å². The molecule has 8 rings (SSSR count). The van der Waals surface area contributed by atoms with E-state index in [1.54, 1.807) is 0 Å². The van der Waals surface area contributed by atoms with Crippen LogP contribution in [0.5, 0.6) is 11.5 Å². The average molecular weight is 528 g/mol. The highest BCUT2D eigenvalue weighted by Gasteiger charge is 2.13. The minimum absolute atomic E-state index is 0.128. The Morgan fingerprint density at radius 2 is 0.634 bits per heavy atom. The third kappa shape index (κ3) is 3.94. The normalized spacial score (nSPS) is 11.4. The SMILES string of the molecule is B(Oc1ccc(-n2c3ccccc3c3ccccc32)cc1)Oc1ccc(-n2c3ccccc3c3ccccc32)cc1. The molecule has 4 nitrogen and oxygen atoms in total. The van der Waals surface area contributed by atoms with E-state index in [1.807, 2.05) is 24.3 Å². The van der Waals surface area contributed by atoms with Crippen molar-refractivity contribution in [3.8, 4) is 22.9 Å². The zero-order valence-corrected chi connectivity index (χ0v) is 22.3.